The molecule has 1 aromatic carbocycles. The zero-order valence-corrected chi connectivity index (χ0v) is 11.7. The molecule has 1 aliphatic heterocycles. The second-order valence-electron chi connectivity index (χ2n) is 5.36. The number of aromatic nitrogens is 2. The van der Waals surface area contributed by atoms with Crippen LogP contribution < -0.4 is 10.6 Å². The molecule has 2 N–H and O–H groups in total. The van der Waals surface area contributed by atoms with E-state index in [4.69, 9.17) is 5.73 Å². The molecule has 2 heterocycles. The fourth-order valence-electron chi connectivity index (χ4n) is 2.87. The highest BCUT2D eigenvalue weighted by molar-refractivity contribution is 5.39. The van der Waals surface area contributed by atoms with Crippen LogP contribution in [0, 0.1) is 17.5 Å². The van der Waals surface area contributed by atoms with Crippen molar-refractivity contribution in [2.75, 3.05) is 18.0 Å². The van der Waals surface area contributed by atoms with Crippen LogP contribution in [-0.2, 0) is 0 Å². The van der Waals surface area contributed by atoms with Crippen molar-refractivity contribution in [2.45, 2.75) is 18.4 Å². The Kier molecular flexibility index (Phi) is 3.98. The molecule has 0 spiro atoms. The van der Waals surface area contributed by atoms with Crippen molar-refractivity contribution >= 4 is 5.82 Å². The maximum absolute atomic E-state index is 13.9. The first-order valence-corrected chi connectivity index (χ1v) is 6.97. The second-order valence-corrected chi connectivity index (χ2v) is 5.36. The Bertz CT molecular complexity index is 665. The first-order chi connectivity index (χ1) is 10.6. The van der Waals surface area contributed by atoms with Gasteiger partial charge in [0.25, 0.3) is 0 Å². The van der Waals surface area contributed by atoms with E-state index >= 15 is 0 Å². The van der Waals surface area contributed by atoms with Crippen LogP contribution in [0.15, 0.2) is 30.7 Å². The van der Waals surface area contributed by atoms with Gasteiger partial charge in [-0.05, 0) is 24.1 Å². The summed E-state index contributed by atoms with van der Waals surface area (Å²) < 4.78 is 40.3. The molecule has 7 heteroatoms. The summed E-state index contributed by atoms with van der Waals surface area (Å²) >= 11 is 0. The van der Waals surface area contributed by atoms with Crippen molar-refractivity contribution in [3.63, 3.8) is 0 Å². The maximum Gasteiger partial charge on any atom is 0.161 e. The molecule has 1 unspecified atom stereocenters. The van der Waals surface area contributed by atoms with Gasteiger partial charge in [-0.25, -0.2) is 23.1 Å². The molecule has 2 aromatic rings. The van der Waals surface area contributed by atoms with Gasteiger partial charge in [-0.3, -0.25) is 0 Å². The third kappa shape index (κ3) is 2.76. The van der Waals surface area contributed by atoms with Crippen molar-refractivity contribution < 1.29 is 13.2 Å². The molecule has 22 heavy (non-hydrogen) atoms. The van der Waals surface area contributed by atoms with Crippen molar-refractivity contribution in [1.29, 1.82) is 0 Å². The monoisotopic (exact) mass is 308 g/mol. The summed E-state index contributed by atoms with van der Waals surface area (Å²) in [7, 11) is 0. The molecule has 116 valence electrons. The minimum Gasteiger partial charge on any atom is -0.355 e. The predicted octanol–water partition coefficient (Wildman–Crippen LogP) is 2.22. The van der Waals surface area contributed by atoms with E-state index in [1.54, 1.807) is 12.3 Å². The lowest BCUT2D eigenvalue weighted by Crippen LogP contribution is -2.48. The average Bonchev–Trinajstić information content (AvgIpc) is 2.52. The average molecular weight is 308 g/mol. The summed E-state index contributed by atoms with van der Waals surface area (Å²) in [5, 5.41) is 0. The number of benzene rings is 1. The van der Waals surface area contributed by atoms with Gasteiger partial charge in [0, 0.05) is 37.3 Å². The summed E-state index contributed by atoms with van der Waals surface area (Å²) in [5.74, 6) is -2.60. The molecule has 3 rings (SSSR count). The molecule has 1 aliphatic rings. The predicted molar refractivity (Wildman–Crippen MR) is 75.9 cm³/mol. The number of piperidine rings is 1. The van der Waals surface area contributed by atoms with E-state index in [0.29, 0.717) is 25.6 Å². The minimum absolute atomic E-state index is 0.133. The fourth-order valence-corrected chi connectivity index (χ4v) is 2.87. The first-order valence-electron chi connectivity index (χ1n) is 6.97. The highest BCUT2D eigenvalue weighted by atomic mass is 19.2. The maximum atomic E-state index is 13.9. The SMILES string of the molecule is NC1CN(c2ccncn2)CC[C@@H]1c1cc(F)c(F)cc1F. The van der Waals surface area contributed by atoms with Gasteiger partial charge in [0.05, 0.1) is 0 Å². The van der Waals surface area contributed by atoms with Crippen LogP contribution in [0.5, 0.6) is 0 Å². The van der Waals surface area contributed by atoms with Gasteiger partial charge in [0.15, 0.2) is 11.6 Å². The molecular formula is C15H15F3N4. The van der Waals surface area contributed by atoms with Gasteiger partial charge >= 0.3 is 0 Å². The Morgan fingerprint density at radius 3 is 2.59 bits per heavy atom. The molecule has 1 fully saturated rings. The summed E-state index contributed by atoms with van der Waals surface area (Å²) in [6, 6.07) is 2.86. The van der Waals surface area contributed by atoms with Crippen molar-refractivity contribution in [1.82, 2.24) is 9.97 Å². The number of halogens is 3. The third-order valence-corrected chi connectivity index (χ3v) is 3.99. The molecule has 0 amide bonds. The highest BCUT2D eigenvalue weighted by Crippen LogP contribution is 2.31. The van der Waals surface area contributed by atoms with Gasteiger partial charge in [-0.15, -0.1) is 0 Å². The Labute approximate surface area is 125 Å². The molecular weight excluding hydrogens is 293 g/mol. The molecule has 0 aliphatic carbocycles. The molecule has 1 saturated heterocycles. The standard InChI is InChI=1S/C15H15F3N4/c16-11-6-13(18)12(17)5-10(11)9-2-4-22(7-14(9)19)15-1-3-20-8-21-15/h1,3,5-6,8-9,14H,2,4,7,19H2/t9-,14?/m1/s1. The summed E-state index contributed by atoms with van der Waals surface area (Å²) in [4.78, 5) is 9.98. The van der Waals surface area contributed by atoms with Gasteiger partial charge in [-0.2, -0.15) is 0 Å². The largest absolute Gasteiger partial charge is 0.355 e. The van der Waals surface area contributed by atoms with E-state index in [0.717, 1.165) is 11.9 Å². The Morgan fingerprint density at radius 2 is 1.91 bits per heavy atom. The molecule has 0 bridgehead atoms. The van der Waals surface area contributed by atoms with E-state index in [-0.39, 0.29) is 11.5 Å². The number of hydrogen-bond acceptors (Lipinski definition) is 4. The molecule has 2 atom stereocenters. The summed E-state index contributed by atoms with van der Waals surface area (Å²) in [6.07, 6.45) is 3.62. The smallest absolute Gasteiger partial charge is 0.161 e. The van der Waals surface area contributed by atoms with Gasteiger partial charge in [0.1, 0.15) is 18.0 Å². The van der Waals surface area contributed by atoms with E-state index in [2.05, 4.69) is 9.97 Å². The lowest BCUT2D eigenvalue weighted by Gasteiger charge is -2.37. The number of nitrogens with zero attached hydrogens (tertiary/aromatic N) is 3. The van der Waals surface area contributed by atoms with Crippen LogP contribution in [0.4, 0.5) is 19.0 Å². The molecule has 1 aromatic heterocycles. The summed E-state index contributed by atoms with van der Waals surface area (Å²) in [6.45, 7) is 1.06. The van der Waals surface area contributed by atoms with Crippen LogP contribution in [0.25, 0.3) is 0 Å². The molecule has 0 saturated carbocycles. The van der Waals surface area contributed by atoms with E-state index < -0.39 is 23.5 Å². The Hall–Kier alpha value is -2.15. The first kappa shape index (κ1) is 14.8. The van der Waals surface area contributed by atoms with Crippen molar-refractivity contribution in [3.05, 3.63) is 53.7 Å². The van der Waals surface area contributed by atoms with Crippen LogP contribution in [0.2, 0.25) is 0 Å². The fraction of sp³-hybridized carbons (Fsp3) is 0.333. The minimum atomic E-state index is -1.19. The Morgan fingerprint density at radius 1 is 1.14 bits per heavy atom. The number of nitrogens with two attached hydrogens (primary N) is 1. The van der Waals surface area contributed by atoms with Crippen molar-refractivity contribution in [2.24, 2.45) is 5.73 Å². The van der Waals surface area contributed by atoms with Crippen LogP contribution >= 0.6 is 0 Å². The van der Waals surface area contributed by atoms with Gasteiger partial charge in [-0.1, -0.05) is 0 Å². The van der Waals surface area contributed by atoms with Crippen LogP contribution in [0.3, 0.4) is 0 Å². The number of rotatable bonds is 2. The number of hydrogen-bond donors (Lipinski definition) is 1. The molecule has 0 radical (unpaired) electrons. The normalized spacial score (nSPS) is 21.9. The van der Waals surface area contributed by atoms with E-state index in [9.17, 15) is 13.2 Å². The van der Waals surface area contributed by atoms with Gasteiger partial charge in [0.2, 0.25) is 0 Å². The van der Waals surface area contributed by atoms with E-state index in [1.165, 1.54) is 6.33 Å². The topological polar surface area (TPSA) is 55.0 Å². The second kappa shape index (κ2) is 5.92. The lowest BCUT2D eigenvalue weighted by molar-refractivity contribution is 0.416. The quantitative estimate of drug-likeness (QED) is 0.864. The van der Waals surface area contributed by atoms with Crippen molar-refractivity contribution in [3.8, 4) is 0 Å². The summed E-state index contributed by atoms with van der Waals surface area (Å²) in [5.41, 5.74) is 6.26. The van der Waals surface area contributed by atoms with Gasteiger partial charge < -0.3 is 10.6 Å². The van der Waals surface area contributed by atoms with Crippen LogP contribution in [0.1, 0.15) is 17.9 Å². The Balaban J connectivity index is 1.80. The van der Waals surface area contributed by atoms with E-state index in [1.807, 2.05) is 4.90 Å². The molecule has 4 nitrogen and oxygen atoms in total. The zero-order chi connectivity index (χ0) is 15.7. The third-order valence-electron chi connectivity index (χ3n) is 3.99. The highest BCUT2D eigenvalue weighted by Gasteiger charge is 2.31. The van der Waals surface area contributed by atoms with Crippen LogP contribution in [-0.4, -0.2) is 29.1 Å². The lowest BCUT2D eigenvalue weighted by atomic mass is 9.85. The zero-order valence-electron chi connectivity index (χ0n) is 11.7. The number of anilines is 1.